The molecule has 5 nitrogen and oxygen atoms in total. The van der Waals surface area contributed by atoms with Gasteiger partial charge in [-0.3, -0.25) is 4.79 Å². The van der Waals surface area contributed by atoms with Crippen LogP contribution in [0.25, 0.3) is 31.0 Å². The van der Waals surface area contributed by atoms with E-state index < -0.39 is 0 Å². The number of benzene rings is 2. The lowest BCUT2D eigenvalue weighted by molar-refractivity contribution is -0.113. The minimum Gasteiger partial charge on any atom is -0.325 e. The van der Waals surface area contributed by atoms with Crippen LogP contribution in [-0.2, 0) is 4.79 Å². The van der Waals surface area contributed by atoms with E-state index in [4.69, 9.17) is 4.98 Å². The summed E-state index contributed by atoms with van der Waals surface area (Å²) in [7, 11) is 0. The number of thiazole rings is 1. The third kappa shape index (κ3) is 4.13. The third-order valence-electron chi connectivity index (χ3n) is 5.23. The Bertz CT molecular complexity index is 1450. The number of thiophene rings is 1. The number of hydrogen-bond acceptors (Lipinski definition) is 7. The van der Waals surface area contributed by atoms with Gasteiger partial charge in [0.1, 0.15) is 21.2 Å². The summed E-state index contributed by atoms with van der Waals surface area (Å²) in [5, 5.41) is 5.87. The second-order valence-corrected chi connectivity index (χ2v) is 10.7. The monoisotopic (exact) mass is 476 g/mol. The fraction of sp³-hybridized carbons (Fsp3) is 0.167. The molecular formula is C24H20N4OS3. The molecule has 8 heteroatoms. The normalized spacial score (nSPS) is 11.3. The highest BCUT2D eigenvalue weighted by atomic mass is 32.2. The fourth-order valence-corrected chi connectivity index (χ4v) is 6.43. The van der Waals surface area contributed by atoms with Crippen LogP contribution in [0.1, 0.15) is 16.0 Å². The van der Waals surface area contributed by atoms with Gasteiger partial charge in [-0.05, 0) is 68.3 Å². The van der Waals surface area contributed by atoms with Gasteiger partial charge in [0.2, 0.25) is 5.91 Å². The van der Waals surface area contributed by atoms with Gasteiger partial charge in [0.25, 0.3) is 0 Å². The van der Waals surface area contributed by atoms with Crippen molar-refractivity contribution in [1.82, 2.24) is 15.0 Å². The quantitative estimate of drug-likeness (QED) is 0.228. The molecule has 160 valence electrons. The van der Waals surface area contributed by atoms with Gasteiger partial charge >= 0.3 is 0 Å². The lowest BCUT2D eigenvalue weighted by atomic mass is 10.2. The number of carbonyl (C=O) groups is 1. The van der Waals surface area contributed by atoms with Crippen molar-refractivity contribution in [2.45, 2.75) is 25.8 Å². The number of aromatic nitrogens is 3. The second-order valence-electron chi connectivity index (χ2n) is 7.55. The molecule has 0 unspecified atom stereocenters. The predicted octanol–water partition coefficient (Wildman–Crippen LogP) is 6.62. The van der Waals surface area contributed by atoms with E-state index in [-0.39, 0.29) is 5.91 Å². The molecule has 1 amide bonds. The Kier molecular flexibility index (Phi) is 5.67. The maximum absolute atomic E-state index is 12.5. The summed E-state index contributed by atoms with van der Waals surface area (Å²) >= 11 is 4.79. The van der Waals surface area contributed by atoms with Crippen molar-refractivity contribution in [3.8, 4) is 10.6 Å². The van der Waals surface area contributed by atoms with E-state index in [1.54, 1.807) is 29.0 Å². The first-order valence-electron chi connectivity index (χ1n) is 10.1. The van der Waals surface area contributed by atoms with Crippen LogP contribution in [0.3, 0.4) is 0 Å². The summed E-state index contributed by atoms with van der Waals surface area (Å²) in [6.07, 6.45) is 1.57. The molecule has 32 heavy (non-hydrogen) atoms. The number of thioether (sulfide) groups is 1. The molecule has 3 heterocycles. The first-order chi connectivity index (χ1) is 15.5. The van der Waals surface area contributed by atoms with E-state index in [1.165, 1.54) is 32.5 Å². The van der Waals surface area contributed by atoms with E-state index in [2.05, 4.69) is 54.3 Å². The number of anilines is 1. The smallest absolute Gasteiger partial charge is 0.234 e. The molecule has 3 aromatic heterocycles. The summed E-state index contributed by atoms with van der Waals surface area (Å²) < 4.78 is 1.18. The fourth-order valence-electron chi connectivity index (χ4n) is 3.44. The van der Waals surface area contributed by atoms with Crippen LogP contribution in [0.5, 0.6) is 0 Å². The molecule has 0 atom stereocenters. The van der Waals surface area contributed by atoms with Crippen LogP contribution in [0.15, 0.2) is 53.8 Å². The Morgan fingerprint density at radius 3 is 2.66 bits per heavy atom. The number of nitrogens with one attached hydrogen (secondary N) is 1. The molecule has 0 bridgehead atoms. The average molecular weight is 477 g/mol. The largest absolute Gasteiger partial charge is 0.325 e. The molecule has 0 spiro atoms. The summed E-state index contributed by atoms with van der Waals surface area (Å²) in [5.74, 6) is 0.231. The van der Waals surface area contributed by atoms with E-state index in [0.29, 0.717) is 5.75 Å². The number of carbonyl (C=O) groups excluding carboxylic acids is 1. The topological polar surface area (TPSA) is 67.8 Å². The molecule has 0 saturated carbocycles. The summed E-state index contributed by atoms with van der Waals surface area (Å²) in [6.45, 7) is 6.25. The average Bonchev–Trinajstić information content (AvgIpc) is 3.33. The standard InChI is InChI=1S/C24H20N4OS3/c1-13-4-9-18-19(10-13)32-22(28-18)16-5-7-17(8-6-16)27-20(29)11-30-23-21-14(2)15(3)31-24(21)26-12-25-23/h4-10,12H,11H2,1-3H3,(H,27,29). The Labute approximate surface area is 198 Å². The van der Waals surface area contributed by atoms with E-state index in [1.807, 2.05) is 24.3 Å². The first kappa shape index (κ1) is 21.1. The third-order valence-corrected chi connectivity index (χ3v) is 8.40. The number of rotatable bonds is 5. The van der Waals surface area contributed by atoms with Crippen molar-refractivity contribution in [1.29, 1.82) is 0 Å². The Morgan fingerprint density at radius 1 is 1.03 bits per heavy atom. The minimum atomic E-state index is -0.0606. The van der Waals surface area contributed by atoms with Crippen molar-refractivity contribution >= 4 is 66.5 Å². The van der Waals surface area contributed by atoms with Gasteiger partial charge in [-0.25, -0.2) is 15.0 Å². The van der Waals surface area contributed by atoms with Crippen LogP contribution in [0, 0.1) is 20.8 Å². The van der Waals surface area contributed by atoms with Crippen molar-refractivity contribution in [3.05, 3.63) is 64.8 Å². The Morgan fingerprint density at radius 2 is 1.84 bits per heavy atom. The molecule has 2 aromatic carbocycles. The molecule has 0 radical (unpaired) electrons. The van der Waals surface area contributed by atoms with Crippen LogP contribution < -0.4 is 5.32 Å². The zero-order chi connectivity index (χ0) is 22.2. The lowest BCUT2D eigenvalue weighted by Crippen LogP contribution is -2.14. The van der Waals surface area contributed by atoms with Gasteiger partial charge in [-0.2, -0.15) is 0 Å². The highest BCUT2D eigenvalue weighted by Gasteiger charge is 2.14. The molecule has 5 rings (SSSR count). The molecule has 0 aliphatic heterocycles. The highest BCUT2D eigenvalue weighted by molar-refractivity contribution is 8.00. The highest BCUT2D eigenvalue weighted by Crippen LogP contribution is 2.34. The summed E-state index contributed by atoms with van der Waals surface area (Å²) in [6, 6.07) is 14.1. The van der Waals surface area contributed by atoms with E-state index in [9.17, 15) is 4.79 Å². The van der Waals surface area contributed by atoms with Gasteiger partial charge < -0.3 is 5.32 Å². The molecule has 5 aromatic rings. The van der Waals surface area contributed by atoms with Gasteiger partial charge in [0.15, 0.2) is 0 Å². The van der Waals surface area contributed by atoms with Gasteiger partial charge in [-0.15, -0.1) is 22.7 Å². The number of fused-ring (bicyclic) bond motifs is 2. The summed E-state index contributed by atoms with van der Waals surface area (Å²) in [4.78, 5) is 28.2. The lowest BCUT2D eigenvalue weighted by Gasteiger charge is -2.06. The number of amides is 1. The zero-order valence-corrected chi connectivity index (χ0v) is 20.3. The first-order valence-corrected chi connectivity index (χ1v) is 12.7. The van der Waals surface area contributed by atoms with Crippen molar-refractivity contribution in [2.24, 2.45) is 0 Å². The number of hydrogen-bond donors (Lipinski definition) is 1. The Hall–Kier alpha value is -2.81. The van der Waals surface area contributed by atoms with Crippen molar-refractivity contribution in [3.63, 3.8) is 0 Å². The number of aryl methyl sites for hydroxylation is 3. The van der Waals surface area contributed by atoms with Gasteiger partial charge in [-0.1, -0.05) is 17.8 Å². The maximum atomic E-state index is 12.5. The molecule has 0 aliphatic rings. The van der Waals surface area contributed by atoms with Gasteiger partial charge in [0.05, 0.1) is 16.0 Å². The predicted molar refractivity (Wildman–Crippen MR) is 136 cm³/mol. The molecule has 0 saturated heterocycles. The SMILES string of the molecule is Cc1ccc2nc(-c3ccc(NC(=O)CSc4ncnc5sc(C)c(C)c45)cc3)sc2c1. The zero-order valence-electron chi connectivity index (χ0n) is 17.8. The van der Waals surface area contributed by atoms with E-state index >= 15 is 0 Å². The molecule has 0 fully saturated rings. The second kappa shape index (κ2) is 8.61. The van der Waals surface area contributed by atoms with Crippen LogP contribution >= 0.6 is 34.4 Å². The molecule has 0 aliphatic carbocycles. The van der Waals surface area contributed by atoms with Gasteiger partial charge in [0, 0.05) is 21.5 Å². The van der Waals surface area contributed by atoms with Crippen LogP contribution in [-0.4, -0.2) is 26.6 Å². The van der Waals surface area contributed by atoms with Crippen molar-refractivity contribution in [2.75, 3.05) is 11.1 Å². The number of nitrogens with zero attached hydrogens (tertiary/aromatic N) is 3. The Balaban J connectivity index is 1.26. The summed E-state index contributed by atoms with van der Waals surface area (Å²) in [5.41, 5.74) is 5.25. The molecular weight excluding hydrogens is 456 g/mol. The minimum absolute atomic E-state index is 0.0606. The van der Waals surface area contributed by atoms with E-state index in [0.717, 1.165) is 37.0 Å². The van der Waals surface area contributed by atoms with Crippen LogP contribution in [0.2, 0.25) is 0 Å². The van der Waals surface area contributed by atoms with Crippen molar-refractivity contribution < 1.29 is 4.79 Å². The maximum Gasteiger partial charge on any atom is 0.234 e. The molecule has 1 N–H and O–H groups in total. The van der Waals surface area contributed by atoms with Crippen LogP contribution in [0.4, 0.5) is 5.69 Å².